The predicted molar refractivity (Wildman–Crippen MR) is 131 cm³/mol. The lowest BCUT2D eigenvalue weighted by molar-refractivity contribution is -0.137. The molecule has 2 aromatic carbocycles. The highest BCUT2D eigenvalue weighted by Gasteiger charge is 2.55. The van der Waals surface area contributed by atoms with E-state index in [0.717, 1.165) is 24.2 Å². The Morgan fingerprint density at radius 3 is 2.31 bits per heavy atom. The van der Waals surface area contributed by atoms with E-state index in [1.165, 1.54) is 16.4 Å². The molecule has 2 heterocycles. The molecule has 2 saturated heterocycles. The van der Waals surface area contributed by atoms with Crippen molar-refractivity contribution < 1.29 is 22.4 Å². The van der Waals surface area contributed by atoms with Gasteiger partial charge in [-0.1, -0.05) is 25.1 Å². The molecule has 0 radical (unpaired) electrons. The number of para-hydroxylation sites is 1. The van der Waals surface area contributed by atoms with Crippen LogP contribution in [0.1, 0.15) is 33.1 Å². The van der Waals surface area contributed by atoms with Gasteiger partial charge in [-0.3, -0.25) is 9.59 Å². The third kappa shape index (κ3) is 4.90. The van der Waals surface area contributed by atoms with Crippen LogP contribution in [0.4, 0.5) is 10.1 Å². The predicted octanol–water partition coefficient (Wildman–Crippen LogP) is 2.57. The van der Waals surface area contributed by atoms with E-state index >= 15 is 0 Å². The van der Waals surface area contributed by atoms with Gasteiger partial charge in [0.05, 0.1) is 11.6 Å². The smallest absolute Gasteiger partial charge is 0.250 e. The lowest BCUT2D eigenvalue weighted by Crippen LogP contribution is -2.57. The Bertz CT molecular complexity index is 1170. The van der Waals surface area contributed by atoms with Gasteiger partial charge in [-0.15, -0.1) is 0 Å². The van der Waals surface area contributed by atoms with Crippen LogP contribution in [0.15, 0.2) is 59.5 Å². The zero-order valence-corrected chi connectivity index (χ0v) is 20.8. The number of hydrogen-bond donors (Lipinski definition) is 1. The van der Waals surface area contributed by atoms with Crippen molar-refractivity contribution in [3.8, 4) is 0 Å². The second-order valence-corrected chi connectivity index (χ2v) is 11.1. The molecule has 0 aromatic heterocycles. The third-order valence-electron chi connectivity index (χ3n) is 6.94. The fraction of sp³-hybridized carbons (Fsp3) is 0.440. The average Bonchev–Trinajstić information content (AvgIpc) is 3.11. The number of carbonyl (C=O) groups is 2. The molecular formula is C25H31FN4O4S. The van der Waals surface area contributed by atoms with Crippen LogP contribution in [-0.4, -0.2) is 67.3 Å². The van der Waals surface area contributed by atoms with Crippen LogP contribution in [0.5, 0.6) is 0 Å². The van der Waals surface area contributed by atoms with Crippen molar-refractivity contribution in [3.05, 3.63) is 60.4 Å². The Morgan fingerprint density at radius 1 is 1.09 bits per heavy atom. The zero-order valence-electron chi connectivity index (χ0n) is 20.0. The van der Waals surface area contributed by atoms with Gasteiger partial charge in [-0.05, 0) is 62.6 Å². The summed E-state index contributed by atoms with van der Waals surface area (Å²) in [6, 6.07) is 14.3. The molecule has 1 atom stereocenters. The number of halogens is 1. The second kappa shape index (κ2) is 9.94. The molecule has 1 spiro atoms. The SMILES string of the molecule is CCC(C)NC(=O)CN1CN(c2ccccc2)C2(CCN(S(=O)(=O)c3ccc(F)cc3)CC2)C1=O. The van der Waals surface area contributed by atoms with Gasteiger partial charge in [0, 0.05) is 24.8 Å². The Hall–Kier alpha value is -2.98. The number of carbonyl (C=O) groups excluding carboxylic acids is 2. The van der Waals surface area contributed by atoms with E-state index < -0.39 is 21.4 Å². The summed E-state index contributed by atoms with van der Waals surface area (Å²) >= 11 is 0. The number of nitrogens with one attached hydrogen (secondary N) is 1. The maximum Gasteiger partial charge on any atom is 0.250 e. The zero-order chi connectivity index (χ0) is 25.2. The van der Waals surface area contributed by atoms with Crippen LogP contribution in [0.25, 0.3) is 0 Å². The normalized spacial score (nSPS) is 19.2. The van der Waals surface area contributed by atoms with Gasteiger partial charge in [0.1, 0.15) is 17.9 Å². The molecular weight excluding hydrogens is 471 g/mol. The standard InChI is InChI=1S/C25H31FN4O4S/c1-3-19(2)27-23(31)17-28-18-30(21-7-5-4-6-8-21)25(24(28)32)13-15-29(16-14-25)35(33,34)22-11-9-20(26)10-12-22/h4-12,19H,3,13-18H2,1-2H3,(H,27,31). The molecule has 2 amide bonds. The van der Waals surface area contributed by atoms with Gasteiger partial charge in [-0.25, -0.2) is 12.8 Å². The monoisotopic (exact) mass is 502 g/mol. The lowest BCUT2D eigenvalue weighted by atomic mass is 9.86. The van der Waals surface area contributed by atoms with Gasteiger partial charge < -0.3 is 15.1 Å². The second-order valence-electron chi connectivity index (χ2n) is 9.17. The number of anilines is 1. The van der Waals surface area contributed by atoms with Crippen molar-refractivity contribution in [2.75, 3.05) is 31.2 Å². The third-order valence-corrected chi connectivity index (χ3v) is 8.85. The Kier molecular flexibility index (Phi) is 7.14. The molecule has 0 saturated carbocycles. The van der Waals surface area contributed by atoms with Gasteiger partial charge >= 0.3 is 0 Å². The molecule has 2 aliphatic heterocycles. The first-order valence-electron chi connectivity index (χ1n) is 11.8. The molecule has 8 nitrogen and oxygen atoms in total. The average molecular weight is 503 g/mol. The summed E-state index contributed by atoms with van der Waals surface area (Å²) in [6.45, 7) is 4.38. The summed E-state index contributed by atoms with van der Waals surface area (Å²) in [7, 11) is -3.81. The van der Waals surface area contributed by atoms with Crippen molar-refractivity contribution in [2.24, 2.45) is 0 Å². The topological polar surface area (TPSA) is 90.0 Å². The molecule has 0 bridgehead atoms. The van der Waals surface area contributed by atoms with Crippen molar-refractivity contribution in [3.63, 3.8) is 0 Å². The van der Waals surface area contributed by atoms with Gasteiger partial charge in [0.15, 0.2) is 0 Å². The maximum absolute atomic E-state index is 13.7. The van der Waals surface area contributed by atoms with E-state index in [1.54, 1.807) is 4.90 Å². The molecule has 0 aliphatic carbocycles. The van der Waals surface area contributed by atoms with E-state index in [2.05, 4.69) is 5.32 Å². The van der Waals surface area contributed by atoms with Crippen molar-refractivity contribution in [2.45, 2.75) is 49.6 Å². The number of rotatable bonds is 7. The van der Waals surface area contributed by atoms with Gasteiger partial charge in [0.25, 0.3) is 0 Å². The number of sulfonamides is 1. The number of hydrogen-bond acceptors (Lipinski definition) is 5. The van der Waals surface area contributed by atoms with Crippen LogP contribution in [-0.2, 0) is 19.6 Å². The van der Waals surface area contributed by atoms with Crippen LogP contribution >= 0.6 is 0 Å². The van der Waals surface area contributed by atoms with Crippen LogP contribution in [0.2, 0.25) is 0 Å². The Balaban J connectivity index is 1.57. The molecule has 2 aromatic rings. The van der Waals surface area contributed by atoms with E-state index in [1.807, 2.05) is 49.1 Å². The minimum Gasteiger partial charge on any atom is -0.352 e. The number of benzene rings is 2. The Labute approximate surface area is 205 Å². The van der Waals surface area contributed by atoms with Crippen molar-refractivity contribution in [1.82, 2.24) is 14.5 Å². The number of amides is 2. The molecule has 1 N–H and O–H groups in total. The van der Waals surface area contributed by atoms with Crippen LogP contribution in [0, 0.1) is 5.82 Å². The summed E-state index contributed by atoms with van der Waals surface area (Å²) in [5, 5.41) is 2.91. The van der Waals surface area contributed by atoms with E-state index in [9.17, 15) is 22.4 Å². The summed E-state index contributed by atoms with van der Waals surface area (Å²) in [5.41, 5.74) is -0.0900. The van der Waals surface area contributed by atoms with Crippen LogP contribution in [0.3, 0.4) is 0 Å². The summed E-state index contributed by atoms with van der Waals surface area (Å²) in [6.07, 6.45) is 1.35. The van der Waals surface area contributed by atoms with Gasteiger partial charge in [-0.2, -0.15) is 4.31 Å². The number of piperidine rings is 1. The maximum atomic E-state index is 13.7. The van der Waals surface area contributed by atoms with Gasteiger partial charge in [0.2, 0.25) is 21.8 Å². The first kappa shape index (κ1) is 25.1. The molecule has 4 rings (SSSR count). The Morgan fingerprint density at radius 2 is 1.71 bits per heavy atom. The first-order valence-corrected chi connectivity index (χ1v) is 13.3. The highest BCUT2D eigenvalue weighted by molar-refractivity contribution is 7.89. The molecule has 35 heavy (non-hydrogen) atoms. The van der Waals surface area contributed by atoms with Crippen molar-refractivity contribution >= 4 is 27.5 Å². The van der Waals surface area contributed by atoms with Crippen LogP contribution < -0.4 is 10.2 Å². The molecule has 10 heteroatoms. The molecule has 2 aliphatic rings. The highest BCUT2D eigenvalue weighted by atomic mass is 32.2. The summed E-state index contributed by atoms with van der Waals surface area (Å²) in [4.78, 5) is 29.8. The molecule has 188 valence electrons. The lowest BCUT2D eigenvalue weighted by Gasteiger charge is -2.42. The van der Waals surface area contributed by atoms with E-state index in [4.69, 9.17) is 0 Å². The minimum absolute atomic E-state index is 0.0132. The fourth-order valence-electron chi connectivity index (χ4n) is 4.77. The quantitative estimate of drug-likeness (QED) is 0.629. The summed E-state index contributed by atoms with van der Waals surface area (Å²) < 4.78 is 40.9. The van der Waals surface area contributed by atoms with E-state index in [-0.39, 0.29) is 61.9 Å². The molecule has 1 unspecified atom stereocenters. The number of nitrogens with zero attached hydrogens (tertiary/aromatic N) is 3. The summed E-state index contributed by atoms with van der Waals surface area (Å²) in [5.74, 6) is -0.886. The molecule has 2 fully saturated rings. The van der Waals surface area contributed by atoms with Crippen molar-refractivity contribution in [1.29, 1.82) is 0 Å². The highest BCUT2D eigenvalue weighted by Crippen LogP contribution is 2.40. The minimum atomic E-state index is -3.81. The first-order chi connectivity index (χ1) is 16.7. The fourth-order valence-corrected chi connectivity index (χ4v) is 6.21. The van der Waals surface area contributed by atoms with E-state index in [0.29, 0.717) is 0 Å². The largest absolute Gasteiger partial charge is 0.352 e.